The topological polar surface area (TPSA) is 15.5 Å². The van der Waals surface area contributed by atoms with Crippen LogP contribution in [-0.4, -0.2) is 17.3 Å². The zero-order valence-electron chi connectivity index (χ0n) is 5.77. The van der Waals surface area contributed by atoms with Gasteiger partial charge in [0.1, 0.15) is 6.73 Å². The summed E-state index contributed by atoms with van der Waals surface area (Å²) in [6.07, 6.45) is 1.15. The van der Waals surface area contributed by atoms with Crippen molar-refractivity contribution in [2.24, 2.45) is 0 Å². The highest BCUT2D eigenvalue weighted by atomic mass is 16.8. The largest absolute Gasteiger partial charge is 0.278 e. The van der Waals surface area contributed by atoms with Crippen LogP contribution in [0.15, 0.2) is 0 Å². The van der Waals surface area contributed by atoms with Crippen LogP contribution >= 0.6 is 0 Å². The summed E-state index contributed by atoms with van der Waals surface area (Å²) in [5.41, 5.74) is 0.264. The molecule has 1 aliphatic rings. The molecule has 0 aromatic heterocycles. The van der Waals surface area contributed by atoms with Gasteiger partial charge < -0.3 is 0 Å². The van der Waals surface area contributed by atoms with Crippen LogP contribution in [0.3, 0.4) is 0 Å². The van der Waals surface area contributed by atoms with Crippen molar-refractivity contribution in [2.45, 2.75) is 32.7 Å². The first-order valence-electron chi connectivity index (χ1n) is 3.07. The molecule has 1 unspecified atom stereocenters. The maximum Gasteiger partial charge on any atom is 0.144 e. The second kappa shape index (κ2) is 1.71. The van der Waals surface area contributed by atoms with E-state index in [1.807, 2.05) is 5.06 Å². The highest BCUT2D eigenvalue weighted by Crippen LogP contribution is 2.25. The lowest BCUT2D eigenvalue weighted by Crippen LogP contribution is -2.28. The Balaban J connectivity index is 2.37. The van der Waals surface area contributed by atoms with E-state index in [1.54, 1.807) is 0 Å². The van der Waals surface area contributed by atoms with Crippen LogP contribution in [-0.2, 0) is 4.84 Å². The molecule has 0 radical (unpaired) electrons. The minimum Gasteiger partial charge on any atom is -0.278 e. The molecule has 1 heterocycles. The second-order valence-electron chi connectivity index (χ2n) is 2.80. The fourth-order valence-electron chi connectivity index (χ4n) is 0.555. The molecule has 1 aliphatic heterocycles. The summed E-state index contributed by atoms with van der Waals surface area (Å²) in [4.78, 5) is 5.00. The molecule has 0 aromatic carbocycles. The maximum atomic E-state index is 5.00. The van der Waals surface area contributed by atoms with Crippen LogP contribution in [0.2, 0.25) is 0 Å². The smallest absolute Gasteiger partial charge is 0.144 e. The average Bonchev–Trinajstić information content (AvgIpc) is 2.44. The lowest BCUT2D eigenvalue weighted by molar-refractivity contribution is 0.0845. The van der Waals surface area contributed by atoms with Crippen LogP contribution in [0, 0.1) is 0 Å². The predicted molar refractivity (Wildman–Crippen MR) is 32.2 cm³/mol. The minimum absolute atomic E-state index is 0.264. The third-order valence-corrected chi connectivity index (χ3v) is 1.80. The fourth-order valence-corrected chi connectivity index (χ4v) is 0.555. The summed E-state index contributed by atoms with van der Waals surface area (Å²) in [7, 11) is 0. The number of hydrogen-bond acceptors (Lipinski definition) is 2. The van der Waals surface area contributed by atoms with Crippen LogP contribution in [0.25, 0.3) is 0 Å². The Hall–Kier alpha value is -0.0800. The lowest BCUT2D eigenvalue weighted by Gasteiger charge is -2.19. The molecule has 1 rings (SSSR count). The summed E-state index contributed by atoms with van der Waals surface area (Å²) in [5, 5.41) is 1.99. The Morgan fingerprint density at radius 1 is 1.62 bits per heavy atom. The van der Waals surface area contributed by atoms with Crippen molar-refractivity contribution in [1.29, 1.82) is 0 Å². The van der Waals surface area contributed by atoms with Crippen molar-refractivity contribution in [3.8, 4) is 0 Å². The first-order valence-corrected chi connectivity index (χ1v) is 3.07. The molecule has 0 saturated carbocycles. The van der Waals surface area contributed by atoms with Crippen LogP contribution in [0.1, 0.15) is 27.2 Å². The maximum absolute atomic E-state index is 5.00. The van der Waals surface area contributed by atoms with Crippen molar-refractivity contribution < 1.29 is 4.84 Å². The van der Waals surface area contributed by atoms with Gasteiger partial charge in [0.2, 0.25) is 0 Å². The van der Waals surface area contributed by atoms with Gasteiger partial charge in [-0.1, -0.05) is 6.92 Å². The summed E-state index contributed by atoms with van der Waals surface area (Å²) in [6.45, 7) is 7.35. The van der Waals surface area contributed by atoms with Crippen molar-refractivity contribution in [2.75, 3.05) is 6.73 Å². The molecule has 0 aliphatic carbocycles. The molecular weight excluding hydrogens is 102 g/mol. The summed E-state index contributed by atoms with van der Waals surface area (Å²) >= 11 is 0. The Labute approximate surface area is 50.4 Å². The van der Waals surface area contributed by atoms with Crippen molar-refractivity contribution in [3.63, 3.8) is 0 Å². The first kappa shape index (κ1) is 6.05. The normalized spacial score (nSPS) is 28.1. The first-order chi connectivity index (χ1) is 3.67. The summed E-state index contributed by atoms with van der Waals surface area (Å²) < 4.78 is 0. The van der Waals surface area contributed by atoms with Gasteiger partial charge >= 0.3 is 0 Å². The van der Waals surface area contributed by atoms with Gasteiger partial charge in [0, 0.05) is 5.54 Å². The van der Waals surface area contributed by atoms with E-state index < -0.39 is 0 Å². The number of rotatable bonds is 2. The fraction of sp³-hybridized carbons (Fsp3) is 1.00. The molecule has 48 valence electrons. The quantitative estimate of drug-likeness (QED) is 0.505. The van der Waals surface area contributed by atoms with E-state index >= 15 is 0 Å². The summed E-state index contributed by atoms with van der Waals surface area (Å²) in [6, 6.07) is 0. The third kappa shape index (κ3) is 1.01. The van der Waals surface area contributed by atoms with Crippen LogP contribution in [0.5, 0.6) is 0 Å². The minimum atomic E-state index is 0.264. The molecule has 0 N–H and O–H groups in total. The van der Waals surface area contributed by atoms with Gasteiger partial charge in [-0.2, -0.15) is 5.06 Å². The van der Waals surface area contributed by atoms with Gasteiger partial charge in [-0.3, -0.25) is 4.84 Å². The molecule has 1 fully saturated rings. The molecular formula is C6H13NO. The zero-order chi connectivity index (χ0) is 6.20. The van der Waals surface area contributed by atoms with Gasteiger partial charge in [-0.25, -0.2) is 0 Å². The average molecular weight is 115 g/mol. The van der Waals surface area contributed by atoms with E-state index in [9.17, 15) is 0 Å². The molecule has 0 aromatic rings. The van der Waals surface area contributed by atoms with E-state index in [1.165, 1.54) is 0 Å². The summed E-state index contributed by atoms with van der Waals surface area (Å²) in [5.74, 6) is 0. The monoisotopic (exact) mass is 115 g/mol. The van der Waals surface area contributed by atoms with E-state index in [2.05, 4.69) is 20.8 Å². The molecule has 1 atom stereocenters. The van der Waals surface area contributed by atoms with Crippen molar-refractivity contribution in [3.05, 3.63) is 0 Å². The van der Waals surface area contributed by atoms with Crippen molar-refractivity contribution in [1.82, 2.24) is 5.06 Å². The van der Waals surface area contributed by atoms with E-state index in [0.717, 1.165) is 13.2 Å². The van der Waals surface area contributed by atoms with E-state index in [-0.39, 0.29) is 5.54 Å². The number of hydrogen-bond donors (Lipinski definition) is 0. The van der Waals surface area contributed by atoms with E-state index in [4.69, 9.17) is 4.84 Å². The van der Waals surface area contributed by atoms with Gasteiger partial charge in [0.15, 0.2) is 0 Å². The standard InChI is InChI=1S/C6H13NO/c1-4-6(2,3)7-5-8-7/h4-5H2,1-3H3. The Kier molecular flexibility index (Phi) is 1.29. The van der Waals surface area contributed by atoms with E-state index in [0.29, 0.717) is 0 Å². The molecule has 8 heavy (non-hydrogen) atoms. The Morgan fingerprint density at radius 3 is 2.25 bits per heavy atom. The highest BCUT2D eigenvalue weighted by molar-refractivity contribution is 4.76. The van der Waals surface area contributed by atoms with Crippen molar-refractivity contribution >= 4 is 0 Å². The number of hydroxylamine groups is 2. The van der Waals surface area contributed by atoms with Gasteiger partial charge in [-0.15, -0.1) is 0 Å². The second-order valence-corrected chi connectivity index (χ2v) is 2.80. The Bertz CT molecular complexity index is 86.5. The Morgan fingerprint density at radius 2 is 2.12 bits per heavy atom. The molecule has 2 heteroatoms. The van der Waals surface area contributed by atoms with Gasteiger partial charge in [0.05, 0.1) is 0 Å². The zero-order valence-corrected chi connectivity index (χ0v) is 5.77. The molecule has 1 saturated heterocycles. The molecule has 0 spiro atoms. The van der Waals surface area contributed by atoms with Gasteiger partial charge in [-0.05, 0) is 20.3 Å². The molecule has 0 bridgehead atoms. The lowest BCUT2D eigenvalue weighted by atomic mass is 10.0. The van der Waals surface area contributed by atoms with Gasteiger partial charge in [0.25, 0.3) is 0 Å². The predicted octanol–water partition coefficient (Wildman–Crippen LogP) is 1.38. The molecule has 2 nitrogen and oxygen atoms in total. The molecule has 0 amide bonds. The SMILES string of the molecule is CCC(C)(C)N1CO1. The van der Waals surface area contributed by atoms with Crippen LogP contribution < -0.4 is 0 Å². The van der Waals surface area contributed by atoms with Crippen LogP contribution in [0.4, 0.5) is 0 Å². The number of nitrogens with zero attached hydrogens (tertiary/aromatic N) is 1. The highest BCUT2D eigenvalue weighted by Gasteiger charge is 2.34. The third-order valence-electron chi connectivity index (χ3n) is 1.80.